The summed E-state index contributed by atoms with van der Waals surface area (Å²) in [6, 6.07) is 9.64. The third-order valence-electron chi connectivity index (χ3n) is 4.04. The van der Waals surface area contributed by atoms with Gasteiger partial charge in [-0.1, -0.05) is 13.3 Å². The summed E-state index contributed by atoms with van der Waals surface area (Å²) in [6.07, 6.45) is 1.79. The first-order valence-corrected chi connectivity index (χ1v) is 8.92. The van der Waals surface area contributed by atoms with Gasteiger partial charge in [0.15, 0.2) is 11.5 Å². The second-order valence-corrected chi connectivity index (χ2v) is 5.93. The Morgan fingerprint density at radius 2 is 1.50 bits per heavy atom. The number of carbonyl (C=O) groups excluding carboxylic acids is 2. The molecule has 0 aromatic heterocycles. The van der Waals surface area contributed by atoms with Crippen LogP contribution in [-0.4, -0.2) is 39.8 Å². The minimum absolute atomic E-state index is 0.345. The Labute approximate surface area is 164 Å². The van der Waals surface area contributed by atoms with E-state index >= 15 is 0 Å². The molecule has 1 amide bonds. The highest BCUT2D eigenvalue weighted by Gasteiger charge is 2.17. The summed E-state index contributed by atoms with van der Waals surface area (Å²) in [4.78, 5) is 24.5. The van der Waals surface area contributed by atoms with Crippen molar-refractivity contribution in [2.75, 3.05) is 33.3 Å². The molecule has 0 unspecified atom stereocenters. The number of anilines is 1. The van der Waals surface area contributed by atoms with E-state index in [4.69, 9.17) is 18.9 Å². The molecule has 0 radical (unpaired) electrons. The maximum absolute atomic E-state index is 12.6. The van der Waals surface area contributed by atoms with Crippen LogP contribution >= 0.6 is 0 Å². The molecule has 1 N–H and O–H groups in total. The van der Waals surface area contributed by atoms with Gasteiger partial charge in [-0.3, -0.25) is 4.79 Å². The molecule has 150 valence electrons. The van der Waals surface area contributed by atoms with E-state index in [1.165, 1.54) is 21.3 Å². The molecule has 2 rings (SSSR count). The van der Waals surface area contributed by atoms with Crippen LogP contribution in [0.2, 0.25) is 0 Å². The Hall–Kier alpha value is -3.22. The lowest BCUT2D eigenvalue weighted by molar-refractivity contribution is 0.0499. The highest BCUT2D eigenvalue weighted by molar-refractivity contribution is 6.05. The molecule has 0 atom stereocenters. The molecule has 0 saturated carbocycles. The van der Waals surface area contributed by atoms with Crippen molar-refractivity contribution in [1.29, 1.82) is 0 Å². The molecule has 7 heteroatoms. The Morgan fingerprint density at radius 3 is 2.00 bits per heavy atom. The van der Waals surface area contributed by atoms with Crippen molar-refractivity contribution in [3.05, 3.63) is 47.5 Å². The van der Waals surface area contributed by atoms with E-state index in [9.17, 15) is 9.59 Å². The molecule has 2 aromatic carbocycles. The van der Waals surface area contributed by atoms with Crippen LogP contribution in [0, 0.1) is 0 Å². The van der Waals surface area contributed by atoms with Crippen LogP contribution in [0.25, 0.3) is 0 Å². The van der Waals surface area contributed by atoms with Gasteiger partial charge in [0.05, 0.1) is 33.5 Å². The molecule has 0 fully saturated rings. The topological polar surface area (TPSA) is 83.1 Å². The predicted molar refractivity (Wildman–Crippen MR) is 106 cm³/mol. The summed E-state index contributed by atoms with van der Waals surface area (Å²) in [7, 11) is 4.46. The zero-order chi connectivity index (χ0) is 20.5. The normalized spacial score (nSPS) is 10.1. The summed E-state index contributed by atoms with van der Waals surface area (Å²) in [5.74, 6) is 0.454. The van der Waals surface area contributed by atoms with Gasteiger partial charge in [0.1, 0.15) is 0 Å². The van der Waals surface area contributed by atoms with Crippen molar-refractivity contribution in [3.8, 4) is 17.2 Å². The lowest BCUT2D eigenvalue weighted by atomic mass is 10.1. The molecule has 0 aliphatic carbocycles. The number of carbonyl (C=O) groups is 2. The first-order chi connectivity index (χ1) is 13.5. The van der Waals surface area contributed by atoms with Gasteiger partial charge >= 0.3 is 5.97 Å². The number of benzene rings is 2. The highest BCUT2D eigenvalue weighted by Crippen LogP contribution is 2.38. The van der Waals surface area contributed by atoms with Gasteiger partial charge in [-0.15, -0.1) is 0 Å². The van der Waals surface area contributed by atoms with Crippen molar-refractivity contribution >= 4 is 17.6 Å². The lowest BCUT2D eigenvalue weighted by Gasteiger charge is -2.14. The van der Waals surface area contributed by atoms with E-state index in [2.05, 4.69) is 5.32 Å². The van der Waals surface area contributed by atoms with Gasteiger partial charge in [-0.25, -0.2) is 4.79 Å². The van der Waals surface area contributed by atoms with E-state index in [1.54, 1.807) is 36.4 Å². The van der Waals surface area contributed by atoms with Gasteiger partial charge in [-0.2, -0.15) is 0 Å². The summed E-state index contributed by atoms with van der Waals surface area (Å²) in [6.45, 7) is 2.42. The lowest BCUT2D eigenvalue weighted by Crippen LogP contribution is -2.13. The SMILES string of the molecule is CCCCOC(=O)c1ccc(NC(=O)c2cc(OC)c(OC)c(OC)c2)cc1. The molecule has 0 bridgehead atoms. The third kappa shape index (κ3) is 5.16. The van der Waals surface area contributed by atoms with Gasteiger partial charge < -0.3 is 24.3 Å². The predicted octanol–water partition coefficient (Wildman–Crippen LogP) is 3.92. The summed E-state index contributed by atoms with van der Waals surface area (Å²) in [5, 5.41) is 2.77. The molecule has 28 heavy (non-hydrogen) atoms. The number of nitrogens with one attached hydrogen (secondary N) is 1. The third-order valence-corrected chi connectivity index (χ3v) is 4.04. The Morgan fingerprint density at radius 1 is 0.893 bits per heavy atom. The zero-order valence-electron chi connectivity index (χ0n) is 16.5. The summed E-state index contributed by atoms with van der Waals surface area (Å²) < 4.78 is 21.0. The average Bonchev–Trinajstić information content (AvgIpc) is 2.73. The number of unbranched alkanes of at least 4 members (excludes halogenated alkanes) is 1. The van der Waals surface area contributed by atoms with Gasteiger partial charge in [-0.05, 0) is 42.8 Å². The van der Waals surface area contributed by atoms with E-state index in [1.807, 2.05) is 6.92 Å². The second-order valence-electron chi connectivity index (χ2n) is 5.93. The fourth-order valence-corrected chi connectivity index (χ4v) is 2.50. The summed E-state index contributed by atoms with van der Waals surface area (Å²) in [5.41, 5.74) is 1.32. The van der Waals surface area contributed by atoms with Crippen LogP contribution in [0.5, 0.6) is 17.2 Å². The molecule has 2 aromatic rings. The first kappa shape index (κ1) is 21.1. The van der Waals surface area contributed by atoms with Crippen LogP contribution in [-0.2, 0) is 4.74 Å². The summed E-state index contributed by atoms with van der Waals surface area (Å²) >= 11 is 0. The van der Waals surface area contributed by atoms with E-state index < -0.39 is 0 Å². The number of esters is 1. The van der Waals surface area contributed by atoms with Crippen LogP contribution in [0.4, 0.5) is 5.69 Å². The van der Waals surface area contributed by atoms with Crippen LogP contribution in [0.15, 0.2) is 36.4 Å². The smallest absolute Gasteiger partial charge is 0.338 e. The van der Waals surface area contributed by atoms with Gasteiger partial charge in [0.2, 0.25) is 5.75 Å². The first-order valence-electron chi connectivity index (χ1n) is 8.92. The monoisotopic (exact) mass is 387 g/mol. The molecule has 7 nitrogen and oxygen atoms in total. The van der Waals surface area contributed by atoms with Gasteiger partial charge in [0, 0.05) is 11.3 Å². The van der Waals surface area contributed by atoms with Crippen LogP contribution in [0.3, 0.4) is 0 Å². The molecular formula is C21H25NO6. The number of hydrogen-bond donors (Lipinski definition) is 1. The zero-order valence-corrected chi connectivity index (χ0v) is 16.5. The van der Waals surface area contributed by atoms with Crippen molar-refractivity contribution in [1.82, 2.24) is 0 Å². The Kier molecular flexibility index (Phi) is 7.68. The number of amides is 1. The van der Waals surface area contributed by atoms with E-state index in [0.29, 0.717) is 40.7 Å². The fraction of sp³-hybridized carbons (Fsp3) is 0.333. The highest BCUT2D eigenvalue weighted by atomic mass is 16.5. The molecular weight excluding hydrogens is 362 g/mol. The van der Waals surface area contributed by atoms with E-state index in [-0.39, 0.29) is 11.9 Å². The molecule has 0 spiro atoms. The molecule has 0 aliphatic heterocycles. The Balaban J connectivity index is 2.11. The molecule has 0 heterocycles. The maximum atomic E-state index is 12.6. The van der Waals surface area contributed by atoms with Crippen molar-refractivity contribution in [2.45, 2.75) is 19.8 Å². The van der Waals surface area contributed by atoms with Crippen molar-refractivity contribution in [3.63, 3.8) is 0 Å². The van der Waals surface area contributed by atoms with Crippen molar-refractivity contribution in [2.24, 2.45) is 0 Å². The quantitative estimate of drug-likeness (QED) is 0.519. The molecule has 0 aliphatic rings. The standard InChI is InChI=1S/C21H25NO6/c1-5-6-11-28-21(24)14-7-9-16(10-8-14)22-20(23)15-12-17(25-2)19(27-4)18(13-15)26-3/h7-10,12-13H,5-6,11H2,1-4H3,(H,22,23). The average molecular weight is 387 g/mol. The number of methoxy groups -OCH3 is 3. The fourth-order valence-electron chi connectivity index (χ4n) is 2.50. The molecule has 0 saturated heterocycles. The Bertz CT molecular complexity index is 791. The number of rotatable bonds is 9. The van der Waals surface area contributed by atoms with Crippen LogP contribution < -0.4 is 19.5 Å². The van der Waals surface area contributed by atoms with E-state index in [0.717, 1.165) is 12.8 Å². The minimum atomic E-state index is -0.379. The number of ether oxygens (including phenoxy) is 4. The number of hydrogen-bond acceptors (Lipinski definition) is 6. The minimum Gasteiger partial charge on any atom is -0.493 e. The van der Waals surface area contributed by atoms with Gasteiger partial charge in [0.25, 0.3) is 5.91 Å². The second kappa shape index (κ2) is 10.2. The van der Waals surface area contributed by atoms with Crippen molar-refractivity contribution < 1.29 is 28.5 Å². The largest absolute Gasteiger partial charge is 0.493 e. The maximum Gasteiger partial charge on any atom is 0.338 e. The van der Waals surface area contributed by atoms with Crippen LogP contribution in [0.1, 0.15) is 40.5 Å².